The Morgan fingerprint density at radius 2 is 2.14 bits per heavy atom. The van der Waals surface area contributed by atoms with Crippen LogP contribution in [0.3, 0.4) is 0 Å². The molecule has 1 aromatic rings. The van der Waals surface area contributed by atoms with E-state index in [0.717, 1.165) is 11.3 Å². The number of ether oxygens (including phenoxy) is 1. The van der Waals surface area contributed by atoms with E-state index in [4.69, 9.17) is 4.74 Å². The lowest BCUT2D eigenvalue weighted by atomic mass is 9.94. The van der Waals surface area contributed by atoms with Crippen molar-refractivity contribution >= 4 is 17.3 Å². The molecule has 1 N–H and O–H groups in total. The second kappa shape index (κ2) is 5.81. The number of anilines is 1. The number of carbonyl (C=O) groups excluding carboxylic acids is 1. The zero-order valence-corrected chi connectivity index (χ0v) is 11.9. The first kappa shape index (κ1) is 14.0. The van der Waals surface area contributed by atoms with Gasteiger partial charge >= 0.3 is 0 Å². The summed E-state index contributed by atoms with van der Waals surface area (Å²) >= 11 is 0. The number of halogens is 1. The number of hydrogen-bond donors (Lipinski definition) is 1. The number of amides is 1. The lowest BCUT2D eigenvalue weighted by molar-refractivity contribution is -0.121. The summed E-state index contributed by atoms with van der Waals surface area (Å²) < 4.78 is 19.6. The Morgan fingerprint density at radius 3 is 2.81 bits per heavy atom. The zero-order chi connectivity index (χ0) is 14.8. The van der Waals surface area contributed by atoms with Crippen LogP contribution in [0.5, 0.6) is 0 Å². The fourth-order valence-electron chi connectivity index (χ4n) is 2.73. The van der Waals surface area contributed by atoms with Crippen molar-refractivity contribution in [3.8, 4) is 0 Å². The first-order valence-corrected chi connectivity index (χ1v) is 7.14. The fraction of sp³-hybridized carbons (Fsp3) is 0.467. The zero-order valence-electron chi connectivity index (χ0n) is 11.9. The lowest BCUT2D eigenvalue weighted by Gasteiger charge is -2.29. The molecule has 0 radical (unpaired) electrons. The number of rotatable bonds is 2. The molecule has 1 fully saturated rings. The molecule has 0 spiro atoms. The van der Waals surface area contributed by atoms with Gasteiger partial charge in [-0.15, -0.1) is 0 Å². The van der Waals surface area contributed by atoms with Crippen molar-refractivity contribution in [2.45, 2.75) is 13.3 Å². The molecule has 0 aromatic heterocycles. The largest absolute Gasteiger partial charge is 0.378 e. The Bertz CT molecular complexity index is 582. The maximum atomic E-state index is 14.4. The molecule has 1 unspecified atom stereocenters. The average Bonchev–Trinajstić information content (AvgIpc) is 2.48. The van der Waals surface area contributed by atoms with Gasteiger partial charge in [0.05, 0.1) is 24.6 Å². The molecule has 1 atom stereocenters. The number of hydrazone groups is 1. The van der Waals surface area contributed by atoms with Crippen LogP contribution in [0.4, 0.5) is 10.1 Å². The Labute approximate surface area is 122 Å². The van der Waals surface area contributed by atoms with E-state index < -0.39 is 0 Å². The van der Waals surface area contributed by atoms with Crippen molar-refractivity contribution < 1.29 is 13.9 Å². The number of hydrogen-bond acceptors (Lipinski definition) is 4. The third kappa shape index (κ3) is 2.90. The third-order valence-electron chi connectivity index (χ3n) is 3.85. The number of benzene rings is 1. The molecule has 2 aliphatic heterocycles. The third-order valence-corrected chi connectivity index (χ3v) is 3.85. The van der Waals surface area contributed by atoms with Crippen molar-refractivity contribution in [2.24, 2.45) is 11.0 Å². The van der Waals surface area contributed by atoms with E-state index in [1.165, 1.54) is 6.07 Å². The van der Waals surface area contributed by atoms with Gasteiger partial charge in [0.25, 0.3) is 0 Å². The molecule has 6 heteroatoms. The Balaban J connectivity index is 1.85. The van der Waals surface area contributed by atoms with Gasteiger partial charge < -0.3 is 9.64 Å². The Kier molecular flexibility index (Phi) is 3.88. The predicted molar refractivity (Wildman–Crippen MR) is 77.9 cm³/mol. The minimum atomic E-state index is -0.263. The number of morpholine rings is 1. The van der Waals surface area contributed by atoms with Gasteiger partial charge in [-0.05, 0) is 12.1 Å². The Hall–Kier alpha value is -1.95. The van der Waals surface area contributed by atoms with E-state index in [1.54, 1.807) is 6.07 Å². The van der Waals surface area contributed by atoms with Crippen LogP contribution in [0.15, 0.2) is 23.3 Å². The highest BCUT2D eigenvalue weighted by molar-refractivity contribution is 6.05. The standard InChI is InChI=1S/C15H18FN3O2/c1-10-8-14(20)17-18-15(10)11-2-3-13(12(16)9-11)19-4-6-21-7-5-19/h2-3,9-10H,4-8H2,1H3,(H,17,20). The fourth-order valence-corrected chi connectivity index (χ4v) is 2.73. The van der Waals surface area contributed by atoms with Crippen molar-refractivity contribution in [3.05, 3.63) is 29.6 Å². The van der Waals surface area contributed by atoms with E-state index in [1.807, 2.05) is 17.9 Å². The summed E-state index contributed by atoms with van der Waals surface area (Å²) in [4.78, 5) is 13.2. The molecular weight excluding hydrogens is 273 g/mol. The van der Waals surface area contributed by atoms with Crippen LogP contribution in [0.1, 0.15) is 18.9 Å². The van der Waals surface area contributed by atoms with Gasteiger partial charge in [0.1, 0.15) is 5.82 Å². The van der Waals surface area contributed by atoms with Gasteiger partial charge in [-0.2, -0.15) is 5.10 Å². The van der Waals surface area contributed by atoms with Crippen molar-refractivity contribution in [2.75, 3.05) is 31.2 Å². The van der Waals surface area contributed by atoms with Gasteiger partial charge in [-0.3, -0.25) is 4.79 Å². The van der Waals surface area contributed by atoms with E-state index in [2.05, 4.69) is 10.5 Å². The monoisotopic (exact) mass is 291 g/mol. The molecule has 5 nitrogen and oxygen atoms in total. The summed E-state index contributed by atoms with van der Waals surface area (Å²) in [6.07, 6.45) is 0.381. The van der Waals surface area contributed by atoms with Crippen LogP contribution < -0.4 is 10.3 Å². The van der Waals surface area contributed by atoms with Gasteiger partial charge in [0, 0.05) is 31.0 Å². The molecule has 0 aliphatic carbocycles. The molecule has 112 valence electrons. The van der Waals surface area contributed by atoms with E-state index in [0.29, 0.717) is 38.4 Å². The molecule has 1 aromatic carbocycles. The summed E-state index contributed by atoms with van der Waals surface area (Å²) in [5, 5.41) is 4.06. The minimum absolute atomic E-state index is 0.00705. The minimum Gasteiger partial charge on any atom is -0.378 e. The van der Waals surface area contributed by atoms with Crippen LogP contribution in [-0.2, 0) is 9.53 Å². The molecule has 3 rings (SSSR count). The number of carbonyl (C=O) groups is 1. The van der Waals surface area contributed by atoms with Gasteiger partial charge in [-0.25, -0.2) is 9.82 Å². The molecule has 0 bridgehead atoms. The average molecular weight is 291 g/mol. The summed E-state index contributed by atoms with van der Waals surface area (Å²) in [6.45, 7) is 4.56. The molecule has 21 heavy (non-hydrogen) atoms. The van der Waals surface area contributed by atoms with Crippen molar-refractivity contribution in [1.29, 1.82) is 0 Å². The number of nitrogens with one attached hydrogen (secondary N) is 1. The first-order valence-electron chi connectivity index (χ1n) is 7.14. The highest BCUT2D eigenvalue weighted by atomic mass is 19.1. The smallest absolute Gasteiger partial charge is 0.240 e. The number of nitrogens with zero attached hydrogens (tertiary/aromatic N) is 2. The van der Waals surface area contributed by atoms with Crippen LogP contribution in [-0.4, -0.2) is 37.9 Å². The van der Waals surface area contributed by atoms with Crippen LogP contribution in [0.25, 0.3) is 0 Å². The first-order chi connectivity index (χ1) is 10.1. The lowest BCUT2D eigenvalue weighted by Crippen LogP contribution is -2.37. The molecule has 1 amide bonds. The van der Waals surface area contributed by atoms with Gasteiger partial charge in [0.15, 0.2) is 0 Å². The highest BCUT2D eigenvalue weighted by Crippen LogP contribution is 2.24. The second-order valence-electron chi connectivity index (χ2n) is 5.40. The van der Waals surface area contributed by atoms with E-state index in [9.17, 15) is 9.18 Å². The highest BCUT2D eigenvalue weighted by Gasteiger charge is 2.23. The summed E-state index contributed by atoms with van der Waals surface area (Å²) in [5.74, 6) is -0.370. The van der Waals surface area contributed by atoms with Crippen LogP contribution in [0, 0.1) is 11.7 Å². The molecule has 1 saturated heterocycles. The topological polar surface area (TPSA) is 53.9 Å². The summed E-state index contributed by atoms with van der Waals surface area (Å²) in [5.41, 5.74) is 4.49. The predicted octanol–water partition coefficient (Wildman–Crippen LogP) is 1.52. The quantitative estimate of drug-likeness (QED) is 0.899. The summed E-state index contributed by atoms with van der Waals surface area (Å²) in [7, 11) is 0. The van der Waals surface area contributed by atoms with Crippen molar-refractivity contribution in [3.63, 3.8) is 0 Å². The molecule has 0 saturated carbocycles. The van der Waals surface area contributed by atoms with E-state index in [-0.39, 0.29) is 17.6 Å². The molecule has 2 aliphatic rings. The van der Waals surface area contributed by atoms with Gasteiger partial charge in [-0.1, -0.05) is 13.0 Å². The maximum Gasteiger partial charge on any atom is 0.240 e. The van der Waals surface area contributed by atoms with Crippen LogP contribution in [0.2, 0.25) is 0 Å². The SMILES string of the molecule is CC1CC(=O)NN=C1c1ccc(N2CCOCC2)c(F)c1. The molecule has 2 heterocycles. The van der Waals surface area contributed by atoms with Crippen molar-refractivity contribution in [1.82, 2.24) is 5.43 Å². The summed E-state index contributed by atoms with van der Waals surface area (Å²) in [6, 6.07) is 5.14. The second-order valence-corrected chi connectivity index (χ2v) is 5.40. The van der Waals surface area contributed by atoms with Gasteiger partial charge in [0.2, 0.25) is 5.91 Å². The normalized spacial score (nSPS) is 22.8. The Morgan fingerprint density at radius 1 is 1.38 bits per heavy atom. The molecular formula is C15H18FN3O2. The maximum absolute atomic E-state index is 14.4. The van der Waals surface area contributed by atoms with Crippen LogP contribution >= 0.6 is 0 Å². The van der Waals surface area contributed by atoms with E-state index >= 15 is 0 Å².